The lowest BCUT2D eigenvalue weighted by Crippen LogP contribution is -2.22. The van der Waals surface area contributed by atoms with Crippen LogP contribution in [0.5, 0.6) is 5.75 Å². The number of nitrogens with one attached hydrogen (secondary N) is 1. The van der Waals surface area contributed by atoms with Gasteiger partial charge < -0.3 is 10.1 Å². The summed E-state index contributed by atoms with van der Waals surface area (Å²) in [6.45, 7) is 3.93. The Kier molecular flexibility index (Phi) is 4.73. The van der Waals surface area contributed by atoms with E-state index >= 15 is 0 Å². The second kappa shape index (κ2) is 7.12. The van der Waals surface area contributed by atoms with Gasteiger partial charge in [-0.3, -0.25) is 4.79 Å². The van der Waals surface area contributed by atoms with Crippen LogP contribution in [0.25, 0.3) is 11.4 Å². The highest BCUT2D eigenvalue weighted by Crippen LogP contribution is 2.19. The highest BCUT2D eigenvalue weighted by molar-refractivity contribution is 5.89. The Balaban J connectivity index is 1.68. The van der Waals surface area contributed by atoms with Crippen molar-refractivity contribution in [1.29, 1.82) is 0 Å². The van der Waals surface area contributed by atoms with E-state index in [2.05, 4.69) is 25.8 Å². The van der Waals surface area contributed by atoms with Crippen molar-refractivity contribution in [3.63, 3.8) is 0 Å². The molecule has 0 spiro atoms. The second-order valence-electron chi connectivity index (χ2n) is 5.68. The van der Waals surface area contributed by atoms with Crippen LogP contribution in [-0.4, -0.2) is 43.0 Å². The zero-order valence-corrected chi connectivity index (χ0v) is 14.2. The smallest absolute Gasteiger partial charge is 0.249 e. The van der Waals surface area contributed by atoms with E-state index in [1.807, 2.05) is 38.1 Å². The molecule has 3 aromatic rings. The van der Waals surface area contributed by atoms with Gasteiger partial charge >= 0.3 is 0 Å². The van der Waals surface area contributed by atoms with E-state index in [9.17, 15) is 4.79 Å². The predicted molar refractivity (Wildman–Crippen MR) is 91.0 cm³/mol. The Labute approximate surface area is 144 Å². The molecule has 9 nitrogen and oxygen atoms in total. The topological polar surface area (TPSA) is 99.8 Å². The van der Waals surface area contributed by atoms with Gasteiger partial charge in [-0.2, -0.15) is 9.90 Å². The maximum atomic E-state index is 12.2. The molecule has 0 saturated heterocycles. The first-order valence-electron chi connectivity index (χ1n) is 7.82. The Morgan fingerprint density at radius 2 is 2.16 bits per heavy atom. The van der Waals surface area contributed by atoms with Crippen LogP contribution in [0.2, 0.25) is 0 Å². The number of hydrogen-bond acceptors (Lipinski definition) is 6. The number of carbonyl (C=O) groups excluding carboxylic acids is 1. The van der Waals surface area contributed by atoms with Gasteiger partial charge in [0.05, 0.1) is 13.3 Å². The number of anilines is 1. The third-order valence-electron chi connectivity index (χ3n) is 3.49. The molecule has 0 saturated carbocycles. The van der Waals surface area contributed by atoms with Crippen LogP contribution in [0.3, 0.4) is 0 Å². The van der Waals surface area contributed by atoms with Crippen LogP contribution in [0.15, 0.2) is 36.5 Å². The SMILES string of the molecule is COc1cccc(-c2nnn(CC(=O)Nc3ccnn3C(C)C)n2)c1. The molecule has 2 aromatic heterocycles. The maximum Gasteiger partial charge on any atom is 0.249 e. The van der Waals surface area contributed by atoms with Crippen molar-refractivity contribution >= 4 is 11.7 Å². The number of methoxy groups -OCH3 is 1. The number of rotatable bonds is 6. The molecular weight excluding hydrogens is 322 g/mol. The minimum absolute atomic E-state index is 0.0414. The quantitative estimate of drug-likeness (QED) is 0.733. The predicted octanol–water partition coefficient (Wildman–Crippen LogP) is 1.76. The summed E-state index contributed by atoms with van der Waals surface area (Å²) in [6, 6.07) is 9.23. The van der Waals surface area contributed by atoms with Gasteiger partial charge in [-0.05, 0) is 31.2 Å². The van der Waals surface area contributed by atoms with Crippen molar-refractivity contribution in [1.82, 2.24) is 30.0 Å². The molecule has 0 atom stereocenters. The molecule has 1 N–H and O–H groups in total. The number of amides is 1. The lowest BCUT2D eigenvalue weighted by atomic mass is 10.2. The van der Waals surface area contributed by atoms with Crippen molar-refractivity contribution in [2.24, 2.45) is 0 Å². The van der Waals surface area contributed by atoms with Crippen molar-refractivity contribution in [2.75, 3.05) is 12.4 Å². The fourth-order valence-corrected chi connectivity index (χ4v) is 2.32. The number of ether oxygens (including phenoxy) is 1. The third kappa shape index (κ3) is 3.82. The van der Waals surface area contributed by atoms with E-state index in [1.54, 1.807) is 24.1 Å². The van der Waals surface area contributed by atoms with E-state index in [0.717, 1.165) is 5.56 Å². The standard InChI is InChI=1S/C16H19N7O2/c1-11(2)23-14(7-8-17-23)18-15(24)10-22-20-16(19-21-22)12-5-4-6-13(9-12)25-3/h4-9,11H,10H2,1-3H3,(H,18,24). The Morgan fingerprint density at radius 1 is 1.32 bits per heavy atom. The van der Waals surface area contributed by atoms with Crippen LogP contribution in [0.1, 0.15) is 19.9 Å². The summed E-state index contributed by atoms with van der Waals surface area (Å²) < 4.78 is 6.91. The first-order chi connectivity index (χ1) is 12.1. The Hall–Kier alpha value is -3.23. The van der Waals surface area contributed by atoms with Gasteiger partial charge in [0.2, 0.25) is 11.7 Å². The normalized spacial score (nSPS) is 10.9. The van der Waals surface area contributed by atoms with E-state index in [4.69, 9.17) is 4.74 Å². The van der Waals surface area contributed by atoms with Gasteiger partial charge in [-0.25, -0.2) is 4.68 Å². The van der Waals surface area contributed by atoms with Gasteiger partial charge in [-0.15, -0.1) is 10.2 Å². The Bertz CT molecular complexity index is 869. The zero-order valence-electron chi connectivity index (χ0n) is 14.2. The molecule has 0 bridgehead atoms. The fraction of sp³-hybridized carbons (Fsp3) is 0.312. The summed E-state index contributed by atoms with van der Waals surface area (Å²) in [4.78, 5) is 13.5. The van der Waals surface area contributed by atoms with Crippen LogP contribution >= 0.6 is 0 Å². The molecular formula is C16H19N7O2. The summed E-state index contributed by atoms with van der Waals surface area (Å²) in [6.07, 6.45) is 1.64. The van der Waals surface area contributed by atoms with Crippen molar-refractivity contribution in [3.05, 3.63) is 36.5 Å². The number of hydrogen-bond donors (Lipinski definition) is 1. The van der Waals surface area contributed by atoms with Gasteiger partial charge in [0.1, 0.15) is 18.1 Å². The molecule has 9 heteroatoms. The van der Waals surface area contributed by atoms with Crippen LogP contribution in [0, 0.1) is 0 Å². The summed E-state index contributed by atoms with van der Waals surface area (Å²) >= 11 is 0. The molecule has 130 valence electrons. The lowest BCUT2D eigenvalue weighted by molar-refractivity contribution is -0.117. The summed E-state index contributed by atoms with van der Waals surface area (Å²) in [5.74, 6) is 1.51. The average molecular weight is 341 g/mol. The largest absolute Gasteiger partial charge is 0.497 e. The monoisotopic (exact) mass is 341 g/mol. The second-order valence-corrected chi connectivity index (χ2v) is 5.68. The van der Waals surface area contributed by atoms with Crippen LogP contribution in [0.4, 0.5) is 5.82 Å². The fourth-order valence-electron chi connectivity index (χ4n) is 2.32. The van der Waals surface area contributed by atoms with Gasteiger partial charge in [0, 0.05) is 17.7 Å². The Morgan fingerprint density at radius 3 is 2.92 bits per heavy atom. The average Bonchev–Trinajstić information content (AvgIpc) is 3.24. The van der Waals surface area contributed by atoms with E-state index in [0.29, 0.717) is 17.4 Å². The highest BCUT2D eigenvalue weighted by atomic mass is 16.5. The number of nitrogens with zero attached hydrogens (tertiary/aromatic N) is 6. The van der Waals surface area contributed by atoms with Crippen molar-refractivity contribution in [2.45, 2.75) is 26.4 Å². The van der Waals surface area contributed by atoms with Crippen molar-refractivity contribution in [3.8, 4) is 17.1 Å². The molecule has 2 heterocycles. The molecule has 0 aliphatic carbocycles. The van der Waals surface area contributed by atoms with Crippen LogP contribution in [-0.2, 0) is 11.3 Å². The maximum absolute atomic E-state index is 12.2. The molecule has 1 amide bonds. The molecule has 0 unspecified atom stereocenters. The molecule has 0 aliphatic heterocycles. The first-order valence-corrected chi connectivity index (χ1v) is 7.82. The zero-order chi connectivity index (χ0) is 17.8. The molecule has 3 rings (SSSR count). The molecule has 0 aliphatic rings. The molecule has 0 fully saturated rings. The van der Waals surface area contributed by atoms with E-state index < -0.39 is 0 Å². The van der Waals surface area contributed by atoms with Gasteiger partial charge in [-0.1, -0.05) is 12.1 Å². The number of carbonyl (C=O) groups is 1. The van der Waals surface area contributed by atoms with Crippen molar-refractivity contribution < 1.29 is 9.53 Å². The van der Waals surface area contributed by atoms with Gasteiger partial charge in [0.25, 0.3) is 0 Å². The number of tetrazole rings is 1. The van der Waals surface area contributed by atoms with E-state index in [-0.39, 0.29) is 18.5 Å². The summed E-state index contributed by atoms with van der Waals surface area (Å²) in [5, 5.41) is 19.1. The molecule has 0 radical (unpaired) electrons. The summed E-state index contributed by atoms with van der Waals surface area (Å²) in [7, 11) is 1.59. The summed E-state index contributed by atoms with van der Waals surface area (Å²) in [5.41, 5.74) is 0.767. The molecule has 1 aromatic carbocycles. The number of aromatic nitrogens is 6. The van der Waals surface area contributed by atoms with Gasteiger partial charge in [0.15, 0.2) is 0 Å². The third-order valence-corrected chi connectivity index (χ3v) is 3.49. The minimum Gasteiger partial charge on any atom is -0.497 e. The van der Waals surface area contributed by atoms with Crippen LogP contribution < -0.4 is 10.1 Å². The number of benzene rings is 1. The minimum atomic E-state index is -0.253. The first kappa shape index (κ1) is 16.6. The molecule has 25 heavy (non-hydrogen) atoms. The van der Waals surface area contributed by atoms with E-state index in [1.165, 1.54) is 4.80 Å². The lowest BCUT2D eigenvalue weighted by Gasteiger charge is -2.11. The highest BCUT2D eigenvalue weighted by Gasteiger charge is 2.13.